The third-order valence-corrected chi connectivity index (χ3v) is 6.33. The minimum atomic E-state index is -1.01. The van der Waals surface area contributed by atoms with E-state index in [1.807, 2.05) is 24.3 Å². The summed E-state index contributed by atoms with van der Waals surface area (Å²) in [6.07, 6.45) is 2.95. The molecule has 1 aliphatic heterocycles. The smallest absolute Gasteiger partial charge is 0.227 e. The van der Waals surface area contributed by atoms with Crippen molar-refractivity contribution in [2.75, 3.05) is 6.61 Å². The minimum absolute atomic E-state index is 0.142. The quantitative estimate of drug-likeness (QED) is 0.422. The highest BCUT2D eigenvalue weighted by molar-refractivity contribution is 9.10. The fourth-order valence-corrected chi connectivity index (χ4v) is 4.97. The number of thiophene rings is 1. The molecular weight excluding hydrogens is 462 g/mol. The van der Waals surface area contributed by atoms with Crippen LogP contribution >= 0.6 is 27.3 Å². The summed E-state index contributed by atoms with van der Waals surface area (Å²) < 4.78 is 37.5. The molecule has 1 aliphatic rings. The molecule has 1 atom stereocenters. The maximum Gasteiger partial charge on any atom is 0.227 e. The molecular formula is C20H13BrF2N4OS. The summed E-state index contributed by atoms with van der Waals surface area (Å²) in [4.78, 5) is 9.61. The Morgan fingerprint density at radius 3 is 2.72 bits per heavy atom. The molecule has 5 nitrogen and oxygen atoms in total. The van der Waals surface area contributed by atoms with Crippen LogP contribution in [0.1, 0.15) is 10.4 Å². The lowest BCUT2D eigenvalue weighted by Gasteiger charge is -2.24. The second-order valence-electron chi connectivity index (χ2n) is 6.78. The highest BCUT2D eigenvalue weighted by atomic mass is 79.9. The van der Waals surface area contributed by atoms with Crippen LogP contribution in [-0.2, 0) is 16.8 Å². The topological polar surface area (TPSA) is 52.3 Å². The molecule has 0 N–H and O–H groups in total. The molecule has 29 heavy (non-hydrogen) atoms. The lowest BCUT2D eigenvalue weighted by atomic mass is 9.91. The molecule has 0 amide bonds. The van der Waals surface area contributed by atoms with Crippen LogP contribution in [0.25, 0.3) is 10.1 Å². The third kappa shape index (κ3) is 3.44. The van der Waals surface area contributed by atoms with Crippen molar-refractivity contribution in [2.45, 2.75) is 12.1 Å². The summed E-state index contributed by atoms with van der Waals surface area (Å²) in [6.45, 7) is 0.388. The Kier molecular flexibility index (Phi) is 4.44. The van der Waals surface area contributed by atoms with Crippen LogP contribution in [0.15, 0.2) is 64.6 Å². The van der Waals surface area contributed by atoms with E-state index in [9.17, 15) is 8.78 Å². The first-order valence-corrected chi connectivity index (χ1v) is 10.3. The van der Waals surface area contributed by atoms with Crippen LogP contribution in [0.5, 0.6) is 0 Å². The summed E-state index contributed by atoms with van der Waals surface area (Å²) in [5.41, 5.74) is -0.618. The Balaban J connectivity index is 1.61. The molecule has 0 saturated heterocycles. The van der Waals surface area contributed by atoms with E-state index in [1.54, 1.807) is 22.3 Å². The number of hydrogen-bond acceptors (Lipinski definition) is 5. The molecule has 1 unspecified atom stereocenters. The van der Waals surface area contributed by atoms with Crippen molar-refractivity contribution in [1.82, 2.24) is 14.8 Å². The Hall–Kier alpha value is -2.65. The van der Waals surface area contributed by atoms with E-state index < -0.39 is 17.2 Å². The van der Waals surface area contributed by atoms with Gasteiger partial charge in [-0.15, -0.1) is 11.3 Å². The average Bonchev–Trinajstić information content (AvgIpc) is 3.40. The highest BCUT2D eigenvalue weighted by Gasteiger charge is 2.41. The minimum Gasteiger partial charge on any atom is -0.474 e. The predicted octanol–water partition coefficient (Wildman–Crippen LogP) is 4.91. The largest absolute Gasteiger partial charge is 0.474 e. The summed E-state index contributed by atoms with van der Waals surface area (Å²) in [5.74, 6) is -0.867. The van der Waals surface area contributed by atoms with Crippen LogP contribution in [0, 0.1) is 11.6 Å². The van der Waals surface area contributed by atoms with Crippen molar-refractivity contribution in [3.8, 4) is 0 Å². The van der Waals surface area contributed by atoms with Gasteiger partial charge in [-0.3, -0.25) is 4.68 Å². The van der Waals surface area contributed by atoms with Gasteiger partial charge in [0.2, 0.25) is 5.90 Å². The molecule has 2 aromatic carbocycles. The molecule has 146 valence electrons. The van der Waals surface area contributed by atoms with Crippen LogP contribution in [0.2, 0.25) is 0 Å². The Labute approximate surface area is 176 Å². The van der Waals surface area contributed by atoms with Gasteiger partial charge in [0.15, 0.2) is 0 Å². The fourth-order valence-electron chi connectivity index (χ4n) is 3.41. The first-order valence-electron chi connectivity index (χ1n) is 8.72. The van der Waals surface area contributed by atoms with Gasteiger partial charge in [-0.1, -0.05) is 22.0 Å². The molecule has 2 aromatic heterocycles. The van der Waals surface area contributed by atoms with E-state index in [4.69, 9.17) is 9.73 Å². The number of nitrogens with zero attached hydrogens (tertiary/aromatic N) is 4. The predicted molar refractivity (Wildman–Crippen MR) is 110 cm³/mol. The van der Waals surface area contributed by atoms with Crippen molar-refractivity contribution in [3.63, 3.8) is 0 Å². The standard InChI is InChI=1S/C20H13BrF2N4OS/c21-14-2-1-12-3-18(29-17(12)6-14)19-26-20(9-28-19,8-27-11-24-10-25-27)13-4-15(22)7-16(23)5-13/h1-7,10-11H,8-9H2. The van der Waals surface area contributed by atoms with E-state index >= 15 is 0 Å². The lowest BCUT2D eigenvalue weighted by molar-refractivity contribution is 0.229. The van der Waals surface area contributed by atoms with Gasteiger partial charge in [-0.25, -0.2) is 18.8 Å². The van der Waals surface area contributed by atoms with Gasteiger partial charge in [-0.2, -0.15) is 5.10 Å². The van der Waals surface area contributed by atoms with Crippen molar-refractivity contribution >= 4 is 43.3 Å². The summed E-state index contributed by atoms with van der Waals surface area (Å²) in [5, 5.41) is 5.20. The van der Waals surface area contributed by atoms with Crippen molar-refractivity contribution in [1.29, 1.82) is 0 Å². The number of halogens is 3. The average molecular weight is 475 g/mol. The van der Waals surface area contributed by atoms with Gasteiger partial charge in [-0.05, 0) is 41.3 Å². The third-order valence-electron chi connectivity index (χ3n) is 4.75. The molecule has 9 heteroatoms. The number of ether oxygens (including phenoxy) is 1. The van der Waals surface area contributed by atoms with Crippen LogP contribution < -0.4 is 0 Å². The summed E-state index contributed by atoms with van der Waals surface area (Å²) >= 11 is 5.03. The van der Waals surface area contributed by atoms with Gasteiger partial charge < -0.3 is 4.74 Å². The Morgan fingerprint density at radius 1 is 1.14 bits per heavy atom. The maximum absolute atomic E-state index is 14.0. The molecule has 0 bridgehead atoms. The van der Waals surface area contributed by atoms with Crippen molar-refractivity contribution < 1.29 is 13.5 Å². The molecule has 5 rings (SSSR count). The fraction of sp³-hybridized carbons (Fsp3) is 0.150. The second-order valence-corrected chi connectivity index (χ2v) is 8.78. The molecule has 0 saturated carbocycles. The van der Waals surface area contributed by atoms with Gasteiger partial charge in [0.05, 0.1) is 11.4 Å². The Morgan fingerprint density at radius 2 is 1.97 bits per heavy atom. The van der Waals surface area contributed by atoms with Gasteiger partial charge in [0.1, 0.15) is 36.4 Å². The maximum atomic E-state index is 14.0. The highest BCUT2D eigenvalue weighted by Crippen LogP contribution is 2.37. The first kappa shape index (κ1) is 18.4. The van der Waals surface area contributed by atoms with Crippen LogP contribution in [0.4, 0.5) is 8.78 Å². The molecule has 0 spiro atoms. The first-order chi connectivity index (χ1) is 14.0. The number of benzene rings is 2. The number of hydrogen-bond donors (Lipinski definition) is 0. The monoisotopic (exact) mass is 474 g/mol. The van der Waals surface area contributed by atoms with Gasteiger partial charge in [0.25, 0.3) is 0 Å². The lowest BCUT2D eigenvalue weighted by Crippen LogP contribution is -2.32. The van der Waals surface area contributed by atoms with E-state index in [-0.39, 0.29) is 13.2 Å². The molecule has 0 aliphatic carbocycles. The van der Waals surface area contributed by atoms with E-state index in [2.05, 4.69) is 26.0 Å². The number of rotatable bonds is 4. The number of aromatic nitrogens is 3. The molecule has 4 aromatic rings. The van der Waals surface area contributed by atoms with Crippen LogP contribution in [-0.4, -0.2) is 27.3 Å². The summed E-state index contributed by atoms with van der Waals surface area (Å²) in [7, 11) is 0. The number of fused-ring (bicyclic) bond motifs is 1. The summed E-state index contributed by atoms with van der Waals surface area (Å²) in [6, 6.07) is 11.4. The van der Waals surface area contributed by atoms with Crippen molar-refractivity contribution in [2.24, 2.45) is 4.99 Å². The zero-order valence-electron chi connectivity index (χ0n) is 14.8. The van der Waals surface area contributed by atoms with Gasteiger partial charge >= 0.3 is 0 Å². The normalized spacial score (nSPS) is 18.8. The molecule has 0 radical (unpaired) electrons. The Bertz CT molecular complexity index is 1220. The van der Waals surface area contributed by atoms with E-state index in [1.165, 1.54) is 18.5 Å². The molecule has 3 heterocycles. The van der Waals surface area contributed by atoms with E-state index in [0.29, 0.717) is 11.5 Å². The van der Waals surface area contributed by atoms with Crippen molar-refractivity contribution in [3.05, 3.63) is 81.7 Å². The number of aliphatic imine (C=N–C) groups is 1. The zero-order chi connectivity index (χ0) is 20.0. The zero-order valence-corrected chi connectivity index (χ0v) is 17.3. The second kappa shape index (κ2) is 7.00. The molecule has 0 fully saturated rings. The van der Waals surface area contributed by atoms with E-state index in [0.717, 1.165) is 25.5 Å². The van der Waals surface area contributed by atoms with Crippen LogP contribution in [0.3, 0.4) is 0 Å². The SMILES string of the molecule is Fc1cc(F)cc(C2(Cn3cncn3)COC(c3cc4ccc(Br)cc4s3)=N2)c1. The van der Waals surface area contributed by atoms with Gasteiger partial charge in [0, 0.05) is 15.2 Å².